The van der Waals surface area contributed by atoms with Gasteiger partial charge in [0.2, 0.25) is 40.1 Å². The van der Waals surface area contributed by atoms with Gasteiger partial charge in [-0.05, 0) is 124 Å². The largest absolute Gasteiger partial charge is 0.492 e. The third-order valence-electron chi connectivity index (χ3n) is 9.39. The predicted molar refractivity (Wildman–Crippen MR) is 249 cm³/mol. The van der Waals surface area contributed by atoms with E-state index in [1.54, 1.807) is 72.8 Å². The average molecular weight is 937 g/mol. The minimum Gasteiger partial charge on any atom is -0.492 e. The van der Waals surface area contributed by atoms with Crippen LogP contribution in [0.5, 0.6) is 11.5 Å². The zero-order valence-corrected chi connectivity index (χ0v) is 39.0. The van der Waals surface area contributed by atoms with E-state index in [1.165, 1.54) is 0 Å². The molecule has 0 aromatic heterocycles. The first-order valence-electron chi connectivity index (χ1n) is 20.2. The summed E-state index contributed by atoms with van der Waals surface area (Å²) >= 11 is 0. The molecule has 0 amide bonds. The van der Waals surface area contributed by atoms with Crippen molar-refractivity contribution < 1.29 is 43.1 Å². The zero-order valence-electron chi connectivity index (χ0n) is 35.7. The van der Waals surface area contributed by atoms with Crippen LogP contribution in [0, 0.1) is 0 Å². The van der Waals surface area contributed by atoms with Gasteiger partial charge in [0.1, 0.15) is 24.7 Å². The average Bonchev–Trinajstić information content (AvgIpc) is 3.18. The van der Waals surface area contributed by atoms with Gasteiger partial charge in [-0.3, -0.25) is 18.9 Å². The summed E-state index contributed by atoms with van der Waals surface area (Å²) in [6, 6.07) is 28.0. The molecule has 4 N–H and O–H groups in total. The molecule has 0 radical (unpaired) electrons. The maximum atomic E-state index is 12.7. The lowest BCUT2D eigenvalue weighted by molar-refractivity contribution is 0.239. The van der Waals surface area contributed by atoms with Crippen LogP contribution in [0.15, 0.2) is 97.1 Å². The molecule has 0 unspecified atom stereocenters. The number of rotatable bonds is 29. The molecular formula is C42H60N6O10S4. The highest BCUT2D eigenvalue weighted by Gasteiger charge is 2.13. The highest BCUT2D eigenvalue weighted by molar-refractivity contribution is 7.93. The van der Waals surface area contributed by atoms with Crippen LogP contribution in [0.4, 0.5) is 22.7 Å². The Hall–Kier alpha value is -4.60. The third kappa shape index (κ3) is 21.0. The fraction of sp³-hybridized carbons (Fsp3) is 0.429. The number of anilines is 4. The Kier molecular flexibility index (Phi) is 19.2. The van der Waals surface area contributed by atoms with Crippen LogP contribution in [-0.2, 0) is 52.9 Å². The second-order valence-electron chi connectivity index (χ2n) is 15.3. The Bertz CT molecular complexity index is 2250. The van der Waals surface area contributed by atoms with Crippen LogP contribution >= 0.6 is 0 Å². The maximum Gasteiger partial charge on any atom is 0.232 e. The highest BCUT2D eigenvalue weighted by Crippen LogP contribution is 2.19. The smallest absolute Gasteiger partial charge is 0.232 e. The Morgan fingerprint density at radius 1 is 0.419 bits per heavy atom. The molecule has 20 heteroatoms. The molecule has 4 aromatic rings. The number of unbranched alkanes of at least 4 members (excludes halogenated alkanes) is 3. The Morgan fingerprint density at radius 2 is 0.726 bits per heavy atom. The van der Waals surface area contributed by atoms with E-state index in [0.29, 0.717) is 86.2 Å². The minimum absolute atomic E-state index is 0.0623. The monoisotopic (exact) mass is 936 g/mol. The molecule has 4 rings (SSSR count). The van der Waals surface area contributed by atoms with Crippen LogP contribution in [-0.4, -0.2) is 121 Å². The standard InChI is InChI=1S/C42H60N6O10S4/c1-47(29-31-57-41-21-17-37(18-22-41)43-59(3,49)50)27-25-35-9-13-39(14-10-35)45-61(53,54)33-7-5-6-8-34-62(55,56)46-40-15-11-36(12-16-40)26-28-48(2)30-32-58-42-23-19-38(20-24-42)44-60(4,51)52/h9-24,43-46H,5-8,25-34H2,1-4H3. The topological polar surface area (TPSA) is 210 Å². The van der Waals surface area contributed by atoms with Gasteiger partial charge in [0, 0.05) is 48.9 Å². The van der Waals surface area contributed by atoms with Crippen molar-refractivity contribution in [2.45, 2.75) is 38.5 Å². The van der Waals surface area contributed by atoms with Crippen molar-refractivity contribution in [3.05, 3.63) is 108 Å². The number of benzene rings is 4. The summed E-state index contributed by atoms with van der Waals surface area (Å²) in [5.41, 5.74) is 4.03. The molecule has 0 atom stereocenters. The first-order chi connectivity index (χ1) is 29.2. The summed E-state index contributed by atoms with van der Waals surface area (Å²) in [6.45, 7) is 3.82. The van der Waals surface area contributed by atoms with E-state index in [1.807, 2.05) is 38.4 Å². The summed E-state index contributed by atoms with van der Waals surface area (Å²) in [6.07, 6.45) is 5.70. The number of ether oxygens (including phenoxy) is 2. The molecule has 0 saturated carbocycles. The van der Waals surface area contributed by atoms with Crippen LogP contribution in [0.1, 0.15) is 36.8 Å². The van der Waals surface area contributed by atoms with Crippen molar-refractivity contribution in [2.75, 3.05) is 96.4 Å². The van der Waals surface area contributed by atoms with Gasteiger partial charge >= 0.3 is 0 Å². The van der Waals surface area contributed by atoms with Crippen molar-refractivity contribution in [1.82, 2.24) is 9.80 Å². The van der Waals surface area contributed by atoms with Gasteiger partial charge in [-0.25, -0.2) is 33.7 Å². The summed E-state index contributed by atoms with van der Waals surface area (Å²) < 4.78 is 118. The number of hydrogen-bond acceptors (Lipinski definition) is 12. The molecule has 0 heterocycles. The Morgan fingerprint density at radius 3 is 1.05 bits per heavy atom. The van der Waals surface area contributed by atoms with Crippen molar-refractivity contribution in [3.8, 4) is 11.5 Å². The van der Waals surface area contributed by atoms with Crippen LogP contribution in [0.2, 0.25) is 0 Å². The lowest BCUT2D eigenvalue weighted by Crippen LogP contribution is -2.26. The van der Waals surface area contributed by atoms with E-state index in [2.05, 4.69) is 28.7 Å². The van der Waals surface area contributed by atoms with Crippen molar-refractivity contribution >= 4 is 62.8 Å². The number of nitrogens with zero attached hydrogens (tertiary/aromatic N) is 2. The van der Waals surface area contributed by atoms with E-state index in [0.717, 1.165) is 49.6 Å². The predicted octanol–water partition coefficient (Wildman–Crippen LogP) is 5.28. The molecule has 0 aliphatic heterocycles. The van der Waals surface area contributed by atoms with Crippen LogP contribution in [0.25, 0.3) is 0 Å². The van der Waals surface area contributed by atoms with Gasteiger partial charge < -0.3 is 19.3 Å². The van der Waals surface area contributed by atoms with Crippen LogP contribution in [0.3, 0.4) is 0 Å². The van der Waals surface area contributed by atoms with Gasteiger partial charge in [0.25, 0.3) is 0 Å². The molecule has 0 spiro atoms. The second-order valence-corrected chi connectivity index (χ2v) is 22.4. The Balaban J connectivity index is 1.04. The molecule has 16 nitrogen and oxygen atoms in total. The fourth-order valence-electron chi connectivity index (χ4n) is 6.05. The number of sulfonamides is 4. The number of nitrogens with one attached hydrogen (secondary N) is 4. The molecule has 342 valence electrons. The van der Waals surface area contributed by atoms with E-state index in [9.17, 15) is 33.7 Å². The second kappa shape index (κ2) is 23.7. The first-order valence-corrected chi connectivity index (χ1v) is 27.3. The van der Waals surface area contributed by atoms with E-state index in [-0.39, 0.29) is 11.5 Å². The van der Waals surface area contributed by atoms with Crippen LogP contribution < -0.4 is 28.4 Å². The van der Waals surface area contributed by atoms with Gasteiger partial charge in [0.15, 0.2) is 0 Å². The molecule has 0 aliphatic rings. The van der Waals surface area contributed by atoms with E-state index in [4.69, 9.17) is 9.47 Å². The molecule has 0 fully saturated rings. The Labute approximate surface area is 368 Å². The first kappa shape index (κ1) is 50.0. The SMILES string of the molecule is CN(CCOc1ccc(NS(C)(=O)=O)cc1)CCc1ccc(NS(=O)(=O)CCCCCCS(=O)(=O)Nc2ccc(CCN(C)CCOc3ccc(NS(C)(=O)=O)cc3)cc2)cc1. The quantitative estimate of drug-likeness (QED) is 0.0513. The lowest BCUT2D eigenvalue weighted by atomic mass is 10.1. The van der Waals surface area contributed by atoms with Gasteiger partial charge in [-0.2, -0.15) is 0 Å². The molecule has 0 saturated heterocycles. The lowest BCUT2D eigenvalue weighted by Gasteiger charge is -2.17. The maximum absolute atomic E-state index is 12.7. The number of hydrogen-bond donors (Lipinski definition) is 4. The summed E-state index contributed by atoms with van der Waals surface area (Å²) in [7, 11) is -9.83. The van der Waals surface area contributed by atoms with Gasteiger partial charge in [-0.15, -0.1) is 0 Å². The molecule has 4 aromatic carbocycles. The highest BCUT2D eigenvalue weighted by atomic mass is 32.2. The van der Waals surface area contributed by atoms with Crippen molar-refractivity contribution in [2.24, 2.45) is 0 Å². The van der Waals surface area contributed by atoms with Crippen molar-refractivity contribution in [1.29, 1.82) is 0 Å². The molecular weight excluding hydrogens is 877 g/mol. The molecule has 0 bridgehead atoms. The summed E-state index contributed by atoms with van der Waals surface area (Å²) in [5.74, 6) is 1.16. The van der Waals surface area contributed by atoms with Gasteiger partial charge in [0.05, 0.1) is 24.0 Å². The van der Waals surface area contributed by atoms with E-state index >= 15 is 0 Å². The minimum atomic E-state index is -3.56. The fourth-order valence-corrected chi connectivity index (χ4v) is 9.54. The molecule has 62 heavy (non-hydrogen) atoms. The molecule has 0 aliphatic carbocycles. The zero-order chi connectivity index (χ0) is 45.2. The van der Waals surface area contributed by atoms with E-state index < -0.39 is 40.1 Å². The summed E-state index contributed by atoms with van der Waals surface area (Å²) in [5, 5.41) is 0. The third-order valence-corrected chi connectivity index (χ3v) is 13.4. The van der Waals surface area contributed by atoms with Gasteiger partial charge in [-0.1, -0.05) is 37.1 Å². The van der Waals surface area contributed by atoms with Crippen molar-refractivity contribution in [3.63, 3.8) is 0 Å². The normalized spacial score (nSPS) is 12.3. The summed E-state index contributed by atoms with van der Waals surface area (Å²) in [4.78, 5) is 4.25. The number of likely N-dealkylation sites (N-methyl/N-ethyl adjacent to an activating group) is 2.